The summed E-state index contributed by atoms with van der Waals surface area (Å²) in [7, 11) is 1.46. The first-order valence-electron chi connectivity index (χ1n) is 14.6. The fraction of sp³-hybridized carbons (Fsp3) is 0.419. The lowest BCUT2D eigenvalue weighted by Crippen LogP contribution is -2.41. The zero-order valence-electron chi connectivity index (χ0n) is 24.8. The Morgan fingerprint density at radius 3 is 2.62 bits per heavy atom. The highest BCUT2D eigenvalue weighted by atomic mass is 35.5. The molecule has 1 spiro atoms. The van der Waals surface area contributed by atoms with Gasteiger partial charge in [0.25, 0.3) is 5.91 Å². The van der Waals surface area contributed by atoms with Gasteiger partial charge in [-0.05, 0) is 67.0 Å². The van der Waals surface area contributed by atoms with Crippen molar-refractivity contribution in [1.82, 2.24) is 20.6 Å². The summed E-state index contributed by atoms with van der Waals surface area (Å²) in [6.07, 6.45) is -5.16. The third kappa shape index (κ3) is 7.25. The second-order valence-corrected chi connectivity index (χ2v) is 11.7. The van der Waals surface area contributed by atoms with Crippen molar-refractivity contribution in [3.05, 3.63) is 64.7 Å². The first-order chi connectivity index (χ1) is 21.4. The number of hydrogen-bond donors (Lipinski definition) is 3. The van der Waals surface area contributed by atoms with Crippen molar-refractivity contribution in [2.24, 2.45) is 5.41 Å². The van der Waals surface area contributed by atoms with Crippen LogP contribution in [0.1, 0.15) is 48.2 Å². The molecule has 1 amide bonds. The summed E-state index contributed by atoms with van der Waals surface area (Å²) < 4.78 is 54.7. The number of nitrogens with two attached hydrogens (primary N) is 1. The van der Waals surface area contributed by atoms with E-state index in [0.29, 0.717) is 44.0 Å². The second kappa shape index (κ2) is 13.1. The maximum absolute atomic E-state index is 14.7. The van der Waals surface area contributed by atoms with Crippen LogP contribution >= 0.6 is 11.6 Å². The standard InChI is InChI=1S/C31H34ClF3N6O4/c1-3-44-28(43)23-16-30(17-38-23)9-11-41(12-10-30)24-15-25(40-29(36)39-24)45-26(31(33,34)35)21-8-7-20(32)14-22(21)18-5-4-6-19(13-18)27(42)37-2/h4-8,13-15,23,26,38H,3,9-12,16-17H2,1-2H3,(H,37,42)(H2,36,39,40)/t23-,26+/m0/s1. The maximum atomic E-state index is 14.7. The van der Waals surface area contributed by atoms with Crippen LogP contribution in [0.25, 0.3) is 11.1 Å². The Balaban J connectivity index is 1.39. The van der Waals surface area contributed by atoms with Gasteiger partial charge < -0.3 is 30.7 Å². The minimum Gasteiger partial charge on any atom is -0.465 e. The van der Waals surface area contributed by atoms with Crippen LogP contribution in [0.5, 0.6) is 5.88 Å². The molecule has 0 unspecified atom stereocenters. The van der Waals surface area contributed by atoms with Crippen molar-refractivity contribution in [3.8, 4) is 17.0 Å². The van der Waals surface area contributed by atoms with Crippen LogP contribution in [-0.2, 0) is 9.53 Å². The zero-order chi connectivity index (χ0) is 32.4. The van der Waals surface area contributed by atoms with Gasteiger partial charge in [-0.3, -0.25) is 9.59 Å². The van der Waals surface area contributed by atoms with E-state index in [0.717, 1.165) is 12.8 Å². The number of rotatable bonds is 8. The number of aromatic nitrogens is 2. The van der Waals surface area contributed by atoms with E-state index in [4.69, 9.17) is 26.8 Å². The first-order valence-corrected chi connectivity index (χ1v) is 14.9. The van der Waals surface area contributed by atoms with Gasteiger partial charge in [0.05, 0.1) is 6.61 Å². The Bertz CT molecular complexity index is 1560. The van der Waals surface area contributed by atoms with Crippen LogP contribution in [-0.4, -0.2) is 67.4 Å². The number of nitrogens with one attached hydrogen (secondary N) is 2. The predicted molar refractivity (Wildman–Crippen MR) is 163 cm³/mol. The summed E-state index contributed by atoms with van der Waals surface area (Å²) in [5.74, 6) is -0.881. The molecule has 14 heteroatoms. The van der Waals surface area contributed by atoms with E-state index in [1.54, 1.807) is 25.1 Å². The molecule has 0 aliphatic carbocycles. The Labute approximate surface area is 263 Å². The second-order valence-electron chi connectivity index (χ2n) is 11.2. The lowest BCUT2D eigenvalue weighted by atomic mass is 9.76. The molecular formula is C31H34ClF3N6O4. The molecule has 3 heterocycles. The van der Waals surface area contributed by atoms with Crippen LogP contribution in [0, 0.1) is 5.41 Å². The molecule has 45 heavy (non-hydrogen) atoms. The quantitative estimate of drug-likeness (QED) is 0.292. The number of hydrogen-bond acceptors (Lipinski definition) is 9. The van der Waals surface area contributed by atoms with Gasteiger partial charge in [-0.25, -0.2) is 0 Å². The average Bonchev–Trinajstić information content (AvgIpc) is 3.43. The minimum absolute atomic E-state index is 0.0900. The number of carbonyl (C=O) groups excluding carboxylic acids is 2. The van der Waals surface area contributed by atoms with E-state index in [1.165, 1.54) is 37.4 Å². The fourth-order valence-electron chi connectivity index (χ4n) is 5.98. The molecule has 4 N–H and O–H groups in total. The van der Waals surface area contributed by atoms with Gasteiger partial charge in [-0.15, -0.1) is 0 Å². The third-order valence-corrected chi connectivity index (χ3v) is 8.52. The lowest BCUT2D eigenvalue weighted by molar-refractivity contribution is -0.198. The molecule has 2 aliphatic rings. The molecule has 240 valence electrons. The number of benzene rings is 2. The number of halogens is 4. The molecule has 2 aliphatic heterocycles. The highest BCUT2D eigenvalue weighted by Crippen LogP contribution is 2.43. The average molecular weight is 647 g/mol. The molecule has 0 bridgehead atoms. The monoisotopic (exact) mass is 646 g/mol. The number of esters is 1. The number of carbonyl (C=O) groups is 2. The van der Waals surface area contributed by atoms with Gasteiger partial charge in [0.1, 0.15) is 11.9 Å². The lowest BCUT2D eigenvalue weighted by Gasteiger charge is -2.39. The van der Waals surface area contributed by atoms with E-state index in [9.17, 15) is 22.8 Å². The maximum Gasteiger partial charge on any atom is 0.429 e. The van der Waals surface area contributed by atoms with Crippen LogP contribution in [0.4, 0.5) is 24.9 Å². The molecule has 3 aromatic rings. The van der Waals surface area contributed by atoms with E-state index in [2.05, 4.69) is 20.6 Å². The number of amides is 1. The van der Waals surface area contributed by atoms with E-state index >= 15 is 0 Å². The Morgan fingerprint density at radius 2 is 1.93 bits per heavy atom. The van der Waals surface area contributed by atoms with Crippen LogP contribution in [0.2, 0.25) is 5.02 Å². The van der Waals surface area contributed by atoms with Crippen LogP contribution < -0.4 is 26.0 Å². The molecular weight excluding hydrogens is 613 g/mol. The summed E-state index contributed by atoms with van der Waals surface area (Å²) in [4.78, 5) is 34.6. The number of alkyl halides is 3. The largest absolute Gasteiger partial charge is 0.465 e. The normalized spacial score (nSPS) is 18.4. The molecule has 2 aromatic carbocycles. The highest BCUT2D eigenvalue weighted by Gasteiger charge is 2.46. The number of nitrogens with zero attached hydrogens (tertiary/aromatic N) is 3. The molecule has 2 saturated heterocycles. The van der Waals surface area contributed by atoms with Gasteiger partial charge in [0, 0.05) is 48.9 Å². The summed E-state index contributed by atoms with van der Waals surface area (Å²) >= 11 is 6.21. The molecule has 0 radical (unpaired) electrons. The van der Waals surface area contributed by atoms with Crippen molar-refractivity contribution < 1.29 is 32.2 Å². The van der Waals surface area contributed by atoms with E-state index in [1.807, 2.05) is 4.90 Å². The van der Waals surface area contributed by atoms with Crippen molar-refractivity contribution in [2.75, 3.05) is 43.9 Å². The van der Waals surface area contributed by atoms with Gasteiger partial charge >= 0.3 is 12.1 Å². The highest BCUT2D eigenvalue weighted by molar-refractivity contribution is 6.30. The van der Waals surface area contributed by atoms with Crippen LogP contribution in [0.15, 0.2) is 48.5 Å². The van der Waals surface area contributed by atoms with Gasteiger partial charge in [-0.1, -0.05) is 29.8 Å². The number of ether oxygens (including phenoxy) is 2. The van der Waals surface area contributed by atoms with Crippen molar-refractivity contribution in [2.45, 2.75) is 44.5 Å². The Hall–Kier alpha value is -4.10. The first kappa shape index (κ1) is 32.3. The van der Waals surface area contributed by atoms with E-state index in [-0.39, 0.29) is 56.9 Å². The zero-order valence-corrected chi connectivity index (χ0v) is 25.5. The topological polar surface area (TPSA) is 132 Å². The van der Waals surface area contributed by atoms with Crippen molar-refractivity contribution in [3.63, 3.8) is 0 Å². The Kier molecular flexibility index (Phi) is 9.40. The number of piperidine rings is 1. The summed E-state index contributed by atoms with van der Waals surface area (Å²) in [6.45, 7) is 3.87. The minimum atomic E-state index is -4.86. The predicted octanol–water partition coefficient (Wildman–Crippen LogP) is 4.93. The molecule has 5 rings (SSSR count). The molecule has 2 atom stereocenters. The number of nitrogen functional groups attached to an aromatic ring is 1. The molecule has 0 saturated carbocycles. The number of anilines is 2. The van der Waals surface area contributed by atoms with E-state index < -0.39 is 12.3 Å². The molecule has 2 fully saturated rings. The Morgan fingerprint density at radius 1 is 1.18 bits per heavy atom. The van der Waals surface area contributed by atoms with Gasteiger partial charge in [0.2, 0.25) is 17.9 Å². The van der Waals surface area contributed by atoms with Gasteiger partial charge in [0.15, 0.2) is 0 Å². The summed E-state index contributed by atoms with van der Waals surface area (Å²) in [5, 5.41) is 5.98. The third-order valence-electron chi connectivity index (χ3n) is 8.28. The fourth-order valence-corrected chi connectivity index (χ4v) is 6.15. The van der Waals surface area contributed by atoms with Gasteiger partial charge in [-0.2, -0.15) is 23.1 Å². The molecule has 10 nitrogen and oxygen atoms in total. The van der Waals surface area contributed by atoms with Crippen molar-refractivity contribution in [1.29, 1.82) is 0 Å². The molecule has 1 aromatic heterocycles. The van der Waals surface area contributed by atoms with Crippen molar-refractivity contribution >= 4 is 35.2 Å². The summed E-state index contributed by atoms with van der Waals surface area (Å²) in [5.41, 5.74) is 6.41. The van der Waals surface area contributed by atoms with Crippen LogP contribution in [0.3, 0.4) is 0 Å². The summed E-state index contributed by atoms with van der Waals surface area (Å²) in [6, 6.07) is 11.2. The smallest absolute Gasteiger partial charge is 0.429 e. The SMILES string of the molecule is CCOC(=O)[C@@H]1CC2(CCN(c3cc(O[C@H](c4ccc(Cl)cc4-c4cccc(C(=O)NC)c4)C(F)(F)F)nc(N)n3)CC2)CN1.